The Morgan fingerprint density at radius 1 is 1.12 bits per heavy atom. The molecule has 0 saturated carbocycles. The molecule has 0 radical (unpaired) electrons. The van der Waals surface area contributed by atoms with Gasteiger partial charge in [-0.25, -0.2) is 0 Å². The van der Waals surface area contributed by atoms with E-state index in [9.17, 15) is 21.6 Å². The Hall–Kier alpha value is -0.790. The molecule has 1 aromatic carbocycles. The SMILES string of the molecule is O=S(=O)(O)Cc1ccc(C(F)(F)F)cc1.[Cl-]. The lowest BCUT2D eigenvalue weighted by molar-refractivity contribution is -0.137. The van der Waals surface area contributed by atoms with Crippen molar-refractivity contribution in [1.82, 2.24) is 0 Å². The molecule has 1 aromatic rings. The fourth-order valence-corrected chi connectivity index (χ4v) is 1.61. The van der Waals surface area contributed by atoms with Crippen LogP contribution in [0.2, 0.25) is 0 Å². The molecular weight excluding hydrogens is 269 g/mol. The smallest absolute Gasteiger partial charge is 0.416 e. The van der Waals surface area contributed by atoms with Crippen molar-refractivity contribution >= 4 is 10.1 Å². The van der Waals surface area contributed by atoms with Crippen LogP contribution < -0.4 is 12.4 Å². The maximum Gasteiger partial charge on any atom is 0.416 e. The lowest BCUT2D eigenvalue weighted by atomic mass is 10.1. The molecule has 92 valence electrons. The van der Waals surface area contributed by atoms with Crippen LogP contribution in [-0.2, 0) is 22.0 Å². The third-order valence-corrected chi connectivity index (χ3v) is 2.33. The maximum atomic E-state index is 12.1. The summed E-state index contributed by atoms with van der Waals surface area (Å²) in [6.45, 7) is 0. The average molecular weight is 276 g/mol. The van der Waals surface area contributed by atoms with Gasteiger partial charge in [-0.15, -0.1) is 0 Å². The second kappa shape index (κ2) is 5.03. The largest absolute Gasteiger partial charge is 1.00 e. The third-order valence-electron chi connectivity index (χ3n) is 1.63. The molecule has 0 aromatic heterocycles. The van der Waals surface area contributed by atoms with Gasteiger partial charge in [0.25, 0.3) is 10.1 Å². The average Bonchev–Trinajstić information content (AvgIpc) is 2.00. The number of hydrogen-bond donors (Lipinski definition) is 1. The van der Waals surface area contributed by atoms with Crippen LogP contribution in [0.5, 0.6) is 0 Å². The zero-order chi connectivity index (χ0) is 11.7. The fraction of sp³-hybridized carbons (Fsp3) is 0.250. The third kappa shape index (κ3) is 4.82. The molecule has 0 aliphatic heterocycles. The van der Waals surface area contributed by atoms with E-state index in [1.54, 1.807) is 0 Å². The second-order valence-electron chi connectivity index (χ2n) is 2.92. The number of hydrogen-bond acceptors (Lipinski definition) is 2. The second-order valence-corrected chi connectivity index (χ2v) is 4.37. The Kier molecular flexibility index (Phi) is 4.78. The van der Waals surface area contributed by atoms with E-state index in [1.165, 1.54) is 0 Å². The minimum Gasteiger partial charge on any atom is -1.00 e. The highest BCUT2D eigenvalue weighted by molar-refractivity contribution is 7.85. The first-order valence-corrected chi connectivity index (χ1v) is 5.41. The first-order valence-electron chi connectivity index (χ1n) is 3.80. The van der Waals surface area contributed by atoms with Crippen LogP contribution in [0.1, 0.15) is 11.1 Å². The molecular formula is C8H7ClF3O3S-. The molecule has 0 heterocycles. The van der Waals surface area contributed by atoms with Gasteiger partial charge in [0.1, 0.15) is 5.75 Å². The summed E-state index contributed by atoms with van der Waals surface area (Å²) in [5, 5.41) is 0. The standard InChI is InChI=1S/C8H7F3O3S.ClH/c9-8(10,11)7-3-1-6(2-4-7)5-15(12,13)14;/h1-4H,5H2,(H,12,13,14);1H/p-1. The highest BCUT2D eigenvalue weighted by atomic mass is 35.5. The summed E-state index contributed by atoms with van der Waals surface area (Å²) in [6.07, 6.45) is -4.45. The molecule has 0 atom stereocenters. The van der Waals surface area contributed by atoms with Crippen molar-refractivity contribution in [2.45, 2.75) is 11.9 Å². The highest BCUT2D eigenvalue weighted by Crippen LogP contribution is 2.29. The van der Waals surface area contributed by atoms with Crippen molar-refractivity contribution in [3.63, 3.8) is 0 Å². The molecule has 0 aliphatic carbocycles. The highest BCUT2D eigenvalue weighted by Gasteiger charge is 2.29. The lowest BCUT2D eigenvalue weighted by Crippen LogP contribution is -3.00. The summed E-state index contributed by atoms with van der Waals surface area (Å²) in [5.41, 5.74) is -0.757. The number of alkyl halides is 3. The quantitative estimate of drug-likeness (QED) is 0.712. The molecule has 0 saturated heterocycles. The van der Waals surface area contributed by atoms with Crippen molar-refractivity contribution in [3.05, 3.63) is 35.4 Å². The zero-order valence-electron chi connectivity index (χ0n) is 7.70. The zero-order valence-corrected chi connectivity index (χ0v) is 9.27. The van der Waals surface area contributed by atoms with Crippen molar-refractivity contribution in [2.75, 3.05) is 0 Å². The van der Waals surface area contributed by atoms with Crippen LogP contribution in [0.25, 0.3) is 0 Å². The van der Waals surface area contributed by atoms with Crippen molar-refractivity contribution in [1.29, 1.82) is 0 Å². The van der Waals surface area contributed by atoms with E-state index in [0.717, 1.165) is 24.3 Å². The summed E-state index contributed by atoms with van der Waals surface area (Å²) >= 11 is 0. The Balaban J connectivity index is 0.00000225. The monoisotopic (exact) mass is 275 g/mol. The molecule has 0 aliphatic rings. The van der Waals surface area contributed by atoms with Gasteiger partial charge in [-0.3, -0.25) is 4.55 Å². The van der Waals surface area contributed by atoms with Crippen LogP contribution in [0.3, 0.4) is 0 Å². The fourth-order valence-electron chi connectivity index (χ4n) is 1.00. The van der Waals surface area contributed by atoms with Gasteiger partial charge < -0.3 is 12.4 Å². The van der Waals surface area contributed by atoms with E-state index >= 15 is 0 Å². The molecule has 3 nitrogen and oxygen atoms in total. The van der Waals surface area contributed by atoms with Crippen molar-refractivity contribution in [3.8, 4) is 0 Å². The van der Waals surface area contributed by atoms with E-state index in [4.69, 9.17) is 4.55 Å². The predicted octanol–water partition coefficient (Wildman–Crippen LogP) is -0.903. The number of benzene rings is 1. The summed E-state index contributed by atoms with van der Waals surface area (Å²) in [4.78, 5) is 0. The molecule has 0 fully saturated rings. The van der Waals surface area contributed by atoms with Crippen molar-refractivity contribution < 1.29 is 38.5 Å². The molecule has 0 spiro atoms. The number of rotatable bonds is 2. The lowest BCUT2D eigenvalue weighted by Gasteiger charge is -2.06. The summed E-state index contributed by atoms with van der Waals surface area (Å²) in [7, 11) is -4.21. The van der Waals surface area contributed by atoms with Gasteiger partial charge in [-0.2, -0.15) is 21.6 Å². The molecule has 0 amide bonds. The molecule has 8 heteroatoms. The molecule has 0 bridgehead atoms. The molecule has 1 rings (SSSR count). The van der Waals surface area contributed by atoms with Gasteiger partial charge in [-0.1, -0.05) is 12.1 Å². The van der Waals surface area contributed by atoms with Gasteiger partial charge in [-0.05, 0) is 17.7 Å². The van der Waals surface area contributed by atoms with Crippen LogP contribution in [0.4, 0.5) is 13.2 Å². The van der Waals surface area contributed by atoms with Crippen LogP contribution in [0, 0.1) is 0 Å². The minimum absolute atomic E-state index is 0. The topological polar surface area (TPSA) is 54.4 Å². The summed E-state index contributed by atoms with van der Waals surface area (Å²) in [6, 6.07) is 3.55. The van der Waals surface area contributed by atoms with E-state index in [-0.39, 0.29) is 18.0 Å². The van der Waals surface area contributed by atoms with E-state index in [2.05, 4.69) is 0 Å². The van der Waals surface area contributed by atoms with E-state index in [1.807, 2.05) is 0 Å². The maximum absolute atomic E-state index is 12.1. The normalized spacial score (nSPS) is 12.0. The van der Waals surface area contributed by atoms with Gasteiger partial charge in [0.2, 0.25) is 0 Å². The molecule has 16 heavy (non-hydrogen) atoms. The Morgan fingerprint density at radius 2 is 1.56 bits per heavy atom. The predicted molar refractivity (Wildman–Crippen MR) is 46.7 cm³/mol. The van der Waals surface area contributed by atoms with Gasteiger partial charge in [0.05, 0.1) is 5.56 Å². The van der Waals surface area contributed by atoms with Gasteiger partial charge in [0.15, 0.2) is 0 Å². The summed E-state index contributed by atoms with van der Waals surface area (Å²) < 4.78 is 65.6. The Labute approximate surface area is 96.4 Å². The van der Waals surface area contributed by atoms with Gasteiger partial charge >= 0.3 is 6.18 Å². The molecule has 1 N–H and O–H groups in total. The summed E-state index contributed by atoms with van der Waals surface area (Å²) in [5.74, 6) is -0.689. The van der Waals surface area contributed by atoms with Crippen LogP contribution in [0.15, 0.2) is 24.3 Å². The van der Waals surface area contributed by atoms with Crippen LogP contribution in [-0.4, -0.2) is 13.0 Å². The first kappa shape index (κ1) is 15.2. The Bertz CT molecular complexity index is 439. The molecule has 0 unspecified atom stereocenters. The minimum atomic E-state index is -4.45. The van der Waals surface area contributed by atoms with Gasteiger partial charge in [0, 0.05) is 0 Å². The van der Waals surface area contributed by atoms with Crippen molar-refractivity contribution in [2.24, 2.45) is 0 Å². The first-order chi connectivity index (χ1) is 6.68. The van der Waals surface area contributed by atoms with E-state index in [0.29, 0.717) is 0 Å². The van der Waals surface area contributed by atoms with Crippen LogP contribution >= 0.6 is 0 Å². The van der Waals surface area contributed by atoms with E-state index < -0.39 is 27.6 Å². The number of halogens is 4. The Morgan fingerprint density at radius 3 is 1.88 bits per heavy atom.